The van der Waals surface area contributed by atoms with Gasteiger partial charge in [0, 0.05) is 6.42 Å². The summed E-state index contributed by atoms with van der Waals surface area (Å²) in [4.78, 5) is 26.0. The molecule has 3 unspecified atom stereocenters. The van der Waals surface area contributed by atoms with Crippen molar-refractivity contribution in [2.45, 2.75) is 277 Å². The fourth-order valence-corrected chi connectivity index (χ4v) is 7.58. The fraction of sp³-hybridized carbons (Fsp3) is 0.846. The van der Waals surface area contributed by atoms with Crippen LogP contribution >= 0.6 is 0 Å². The Labute approximate surface area is 360 Å². The number of hydrogen-bond donors (Lipinski definition) is 3. The zero-order valence-corrected chi connectivity index (χ0v) is 38.7. The second-order valence-corrected chi connectivity index (χ2v) is 17.2. The zero-order chi connectivity index (χ0) is 42.4. The van der Waals surface area contributed by atoms with Gasteiger partial charge < -0.3 is 20.3 Å². The van der Waals surface area contributed by atoms with E-state index >= 15 is 0 Å². The summed E-state index contributed by atoms with van der Waals surface area (Å²) in [5.74, 6) is -0.492. The number of aliphatic hydroxyl groups is 2. The third kappa shape index (κ3) is 40.8. The first-order chi connectivity index (χ1) is 28.5. The van der Waals surface area contributed by atoms with E-state index < -0.39 is 18.2 Å². The Bertz CT molecular complexity index is 961. The van der Waals surface area contributed by atoms with Crippen LogP contribution in [-0.4, -0.2) is 46.9 Å². The summed E-state index contributed by atoms with van der Waals surface area (Å²) in [7, 11) is 0. The number of aliphatic hydroxyl groups excluding tert-OH is 2. The molecule has 3 atom stereocenters. The van der Waals surface area contributed by atoms with Crippen LogP contribution in [0.5, 0.6) is 0 Å². The van der Waals surface area contributed by atoms with E-state index in [4.69, 9.17) is 4.74 Å². The van der Waals surface area contributed by atoms with E-state index in [1.54, 1.807) is 0 Å². The minimum atomic E-state index is -0.788. The van der Waals surface area contributed by atoms with E-state index in [1.807, 2.05) is 0 Å². The molecule has 0 saturated carbocycles. The maximum absolute atomic E-state index is 13.1. The number of allylic oxidation sites excluding steroid dienone is 6. The molecule has 0 heterocycles. The van der Waals surface area contributed by atoms with Crippen LogP contribution in [0.1, 0.15) is 258 Å². The van der Waals surface area contributed by atoms with Gasteiger partial charge in [-0.2, -0.15) is 0 Å². The van der Waals surface area contributed by atoms with Crippen molar-refractivity contribution in [3.05, 3.63) is 36.5 Å². The maximum Gasteiger partial charge on any atom is 0.306 e. The standard InChI is InChI=1S/C52H97NO5/c1-4-7-10-13-16-19-21-23-24-25-26-27-28-29-31-33-36-39-42-45-52(57)58-48(43-40-37-34-18-15-12-9-6-3)46-51(56)53-49(47-54)50(55)44-41-38-35-32-30-22-20-17-14-11-8-5-2/h12,15-16,19,23-24,48-50,54-55H,4-11,13-14,17-18,20-22,25-47H2,1-3H3,(H,53,56)/b15-12-,19-16-,24-23-. The van der Waals surface area contributed by atoms with Gasteiger partial charge in [0.25, 0.3) is 0 Å². The van der Waals surface area contributed by atoms with Crippen molar-refractivity contribution in [3.63, 3.8) is 0 Å². The molecule has 0 aromatic heterocycles. The summed E-state index contributed by atoms with van der Waals surface area (Å²) < 4.78 is 5.90. The molecule has 3 N–H and O–H groups in total. The summed E-state index contributed by atoms with van der Waals surface area (Å²) in [6.07, 6.45) is 53.6. The van der Waals surface area contributed by atoms with Gasteiger partial charge in [0.05, 0.1) is 25.2 Å². The third-order valence-electron chi connectivity index (χ3n) is 11.4. The molecule has 0 saturated heterocycles. The number of amides is 1. The molecule has 0 fully saturated rings. The number of esters is 1. The van der Waals surface area contributed by atoms with Gasteiger partial charge in [-0.3, -0.25) is 9.59 Å². The van der Waals surface area contributed by atoms with Gasteiger partial charge in [-0.1, -0.05) is 205 Å². The first-order valence-corrected chi connectivity index (χ1v) is 25.2. The van der Waals surface area contributed by atoms with Crippen LogP contribution in [0.3, 0.4) is 0 Å². The van der Waals surface area contributed by atoms with Crippen LogP contribution in [0.2, 0.25) is 0 Å². The average molecular weight is 816 g/mol. The Morgan fingerprint density at radius 2 is 0.914 bits per heavy atom. The minimum absolute atomic E-state index is 0.0663. The van der Waals surface area contributed by atoms with E-state index in [0.29, 0.717) is 19.3 Å². The van der Waals surface area contributed by atoms with Gasteiger partial charge in [0.2, 0.25) is 5.91 Å². The molecule has 6 nitrogen and oxygen atoms in total. The Balaban J connectivity index is 4.39. The molecule has 0 aromatic rings. The van der Waals surface area contributed by atoms with Crippen LogP contribution in [0, 0.1) is 0 Å². The first-order valence-electron chi connectivity index (χ1n) is 25.2. The van der Waals surface area contributed by atoms with E-state index in [9.17, 15) is 19.8 Å². The molecule has 0 bridgehead atoms. The number of carbonyl (C=O) groups is 2. The molecule has 0 aromatic carbocycles. The fourth-order valence-electron chi connectivity index (χ4n) is 7.58. The van der Waals surface area contributed by atoms with Crippen molar-refractivity contribution in [1.29, 1.82) is 0 Å². The highest BCUT2D eigenvalue weighted by Gasteiger charge is 2.24. The van der Waals surface area contributed by atoms with Crippen molar-refractivity contribution >= 4 is 11.9 Å². The van der Waals surface area contributed by atoms with Crippen LogP contribution < -0.4 is 5.32 Å². The summed E-state index contributed by atoms with van der Waals surface area (Å²) >= 11 is 0. The Morgan fingerprint density at radius 3 is 1.45 bits per heavy atom. The zero-order valence-electron chi connectivity index (χ0n) is 38.7. The van der Waals surface area contributed by atoms with Gasteiger partial charge in [-0.25, -0.2) is 0 Å². The highest BCUT2D eigenvalue weighted by molar-refractivity contribution is 5.77. The van der Waals surface area contributed by atoms with Crippen molar-refractivity contribution < 1.29 is 24.5 Å². The summed E-state index contributed by atoms with van der Waals surface area (Å²) in [6.45, 7) is 6.38. The quantitative estimate of drug-likeness (QED) is 0.0323. The number of rotatable bonds is 45. The molecular formula is C52H97NO5. The molecule has 0 aliphatic carbocycles. The van der Waals surface area contributed by atoms with Crippen LogP contribution in [0.15, 0.2) is 36.5 Å². The highest BCUT2D eigenvalue weighted by atomic mass is 16.5. The lowest BCUT2D eigenvalue weighted by Crippen LogP contribution is -2.46. The Kier molecular flexibility index (Phi) is 44.6. The maximum atomic E-state index is 13.1. The Morgan fingerprint density at radius 1 is 0.500 bits per heavy atom. The predicted molar refractivity (Wildman–Crippen MR) is 250 cm³/mol. The lowest BCUT2D eigenvalue weighted by molar-refractivity contribution is -0.151. The molecular weight excluding hydrogens is 719 g/mol. The van der Waals surface area contributed by atoms with Crippen molar-refractivity contribution in [2.24, 2.45) is 0 Å². The molecule has 0 radical (unpaired) electrons. The molecule has 1 amide bonds. The van der Waals surface area contributed by atoms with Crippen molar-refractivity contribution in [2.75, 3.05) is 6.61 Å². The second kappa shape index (κ2) is 46.2. The van der Waals surface area contributed by atoms with E-state index in [2.05, 4.69) is 62.5 Å². The van der Waals surface area contributed by atoms with Crippen LogP contribution in [0.4, 0.5) is 0 Å². The average Bonchev–Trinajstić information content (AvgIpc) is 3.22. The van der Waals surface area contributed by atoms with E-state index in [-0.39, 0.29) is 24.9 Å². The second-order valence-electron chi connectivity index (χ2n) is 17.2. The van der Waals surface area contributed by atoms with Gasteiger partial charge in [0.15, 0.2) is 0 Å². The SMILES string of the molecule is CCC/C=C\CCCCCC(CC(=O)NC(CO)C(O)CCCCCCCCCCCCCC)OC(=O)CCCCCCCCCCC/C=C\C/C=C\CCCCC. The predicted octanol–water partition coefficient (Wildman–Crippen LogP) is 14.9. The molecule has 340 valence electrons. The number of hydrogen-bond acceptors (Lipinski definition) is 5. The largest absolute Gasteiger partial charge is 0.462 e. The van der Waals surface area contributed by atoms with Gasteiger partial charge in [-0.15, -0.1) is 0 Å². The minimum Gasteiger partial charge on any atom is -0.462 e. The van der Waals surface area contributed by atoms with Crippen LogP contribution in [-0.2, 0) is 14.3 Å². The molecule has 0 aliphatic heterocycles. The first kappa shape index (κ1) is 56.1. The number of nitrogens with one attached hydrogen (secondary N) is 1. The molecule has 58 heavy (non-hydrogen) atoms. The summed E-state index contributed by atoms with van der Waals surface area (Å²) in [5.41, 5.74) is 0. The van der Waals surface area contributed by atoms with Gasteiger partial charge >= 0.3 is 5.97 Å². The third-order valence-corrected chi connectivity index (χ3v) is 11.4. The van der Waals surface area contributed by atoms with E-state index in [1.165, 1.54) is 128 Å². The number of unbranched alkanes of at least 4 members (excludes halogenated alkanes) is 27. The summed E-state index contributed by atoms with van der Waals surface area (Å²) in [5, 5.41) is 23.7. The number of carbonyl (C=O) groups excluding carboxylic acids is 2. The van der Waals surface area contributed by atoms with Crippen molar-refractivity contribution in [3.8, 4) is 0 Å². The Hall–Kier alpha value is -1.92. The monoisotopic (exact) mass is 816 g/mol. The van der Waals surface area contributed by atoms with E-state index in [0.717, 1.165) is 83.5 Å². The smallest absolute Gasteiger partial charge is 0.306 e. The van der Waals surface area contributed by atoms with Crippen molar-refractivity contribution in [1.82, 2.24) is 5.32 Å². The van der Waals surface area contributed by atoms with Gasteiger partial charge in [-0.05, 0) is 77.0 Å². The normalized spacial score (nSPS) is 13.5. The van der Waals surface area contributed by atoms with Gasteiger partial charge in [0.1, 0.15) is 6.10 Å². The molecule has 6 heteroatoms. The lowest BCUT2D eigenvalue weighted by Gasteiger charge is -2.24. The molecule has 0 aliphatic rings. The molecule has 0 rings (SSSR count). The summed E-state index contributed by atoms with van der Waals surface area (Å²) in [6, 6.07) is -0.703. The lowest BCUT2D eigenvalue weighted by atomic mass is 10.0. The topological polar surface area (TPSA) is 95.9 Å². The van der Waals surface area contributed by atoms with Crippen LogP contribution in [0.25, 0.3) is 0 Å². The molecule has 0 spiro atoms. The highest BCUT2D eigenvalue weighted by Crippen LogP contribution is 2.17. The number of ether oxygens (including phenoxy) is 1.